The zero-order chi connectivity index (χ0) is 21.1. The zero-order valence-corrected chi connectivity index (χ0v) is 18.2. The van der Waals surface area contributed by atoms with Gasteiger partial charge in [0.15, 0.2) is 5.78 Å². The third kappa shape index (κ3) is 4.23. The highest BCUT2D eigenvalue weighted by Gasteiger charge is 2.40. The summed E-state index contributed by atoms with van der Waals surface area (Å²) in [5.74, 6) is -0.125. The van der Waals surface area contributed by atoms with Crippen LogP contribution in [-0.2, 0) is 19.4 Å². The molecule has 1 amide bonds. The van der Waals surface area contributed by atoms with Crippen molar-refractivity contribution >= 4 is 23.0 Å². The Balaban J connectivity index is 1.53. The average molecular weight is 419 g/mol. The highest BCUT2D eigenvalue weighted by atomic mass is 32.1. The highest BCUT2D eigenvalue weighted by Crippen LogP contribution is 2.34. The molecule has 30 heavy (non-hydrogen) atoms. The summed E-state index contributed by atoms with van der Waals surface area (Å²) in [6.07, 6.45) is 1.80. The molecule has 4 nitrogen and oxygen atoms in total. The van der Waals surface area contributed by atoms with Gasteiger partial charge in [0.05, 0.1) is 9.75 Å². The molecule has 1 heterocycles. The molecule has 0 fully saturated rings. The van der Waals surface area contributed by atoms with Crippen LogP contribution in [0.15, 0.2) is 66.7 Å². The molecular weight excluding hydrogens is 392 g/mol. The lowest BCUT2D eigenvalue weighted by Crippen LogP contribution is -2.54. The minimum Gasteiger partial charge on any atom is -0.349 e. The van der Waals surface area contributed by atoms with E-state index in [1.54, 1.807) is 12.1 Å². The number of carbonyl (C=O) groups excluding carboxylic acids is 2. The number of benzene rings is 2. The Bertz CT molecular complexity index is 1030. The van der Waals surface area contributed by atoms with Crippen molar-refractivity contribution in [3.63, 3.8) is 0 Å². The summed E-state index contributed by atoms with van der Waals surface area (Å²) in [5.41, 5.74) is 3.77. The topological polar surface area (TPSA) is 49.4 Å². The summed E-state index contributed by atoms with van der Waals surface area (Å²) in [5, 5.41) is 3.15. The molecule has 0 spiro atoms. The number of carbonyl (C=O) groups is 2. The van der Waals surface area contributed by atoms with Crippen molar-refractivity contribution in [2.24, 2.45) is 0 Å². The minimum atomic E-state index is -0.185. The number of Topliss-reactive ketones (excluding diaryl/α,β-unsaturated/α-hetero) is 1. The summed E-state index contributed by atoms with van der Waals surface area (Å²) in [6.45, 7) is 2.89. The predicted octanol–water partition coefficient (Wildman–Crippen LogP) is 4.35. The van der Waals surface area contributed by atoms with Crippen LogP contribution in [0.2, 0.25) is 0 Å². The summed E-state index contributed by atoms with van der Waals surface area (Å²) in [4.78, 5) is 27.9. The number of likely N-dealkylation sites (N-methyl/N-ethyl adjacent to an activating group) is 1. The first kappa shape index (κ1) is 20.5. The number of rotatable bonds is 7. The van der Waals surface area contributed by atoms with Crippen molar-refractivity contribution < 1.29 is 9.59 Å². The van der Waals surface area contributed by atoms with E-state index in [-0.39, 0.29) is 17.2 Å². The lowest BCUT2D eigenvalue weighted by atomic mass is 9.92. The molecule has 1 N–H and O–H groups in total. The molecule has 2 aromatic carbocycles. The number of hydrogen-bond acceptors (Lipinski definition) is 4. The third-order valence-electron chi connectivity index (χ3n) is 5.98. The van der Waals surface area contributed by atoms with Gasteiger partial charge in [0.2, 0.25) is 0 Å². The van der Waals surface area contributed by atoms with Crippen LogP contribution in [0.4, 0.5) is 0 Å². The fourth-order valence-electron chi connectivity index (χ4n) is 4.21. The van der Waals surface area contributed by atoms with Gasteiger partial charge in [0.25, 0.3) is 5.91 Å². The second-order valence-corrected chi connectivity index (χ2v) is 9.17. The molecule has 1 aliphatic carbocycles. The summed E-state index contributed by atoms with van der Waals surface area (Å²) < 4.78 is 0. The second-order valence-electron chi connectivity index (χ2n) is 8.09. The smallest absolute Gasteiger partial charge is 0.261 e. The third-order valence-corrected chi connectivity index (χ3v) is 7.17. The maximum Gasteiger partial charge on any atom is 0.261 e. The van der Waals surface area contributed by atoms with E-state index in [1.165, 1.54) is 35.0 Å². The van der Waals surface area contributed by atoms with Crippen LogP contribution in [0.3, 0.4) is 0 Å². The van der Waals surface area contributed by atoms with Gasteiger partial charge in [-0.2, -0.15) is 0 Å². The highest BCUT2D eigenvalue weighted by molar-refractivity contribution is 7.15. The van der Waals surface area contributed by atoms with Gasteiger partial charge in [0.1, 0.15) is 0 Å². The van der Waals surface area contributed by atoms with Gasteiger partial charge in [0, 0.05) is 18.6 Å². The lowest BCUT2D eigenvalue weighted by molar-refractivity contribution is 0.0860. The molecule has 0 saturated heterocycles. The van der Waals surface area contributed by atoms with E-state index < -0.39 is 0 Å². The van der Waals surface area contributed by atoms with Crippen molar-refractivity contribution in [3.8, 4) is 0 Å². The SMILES string of the molecule is CC(=O)c1ccc(C(=O)NCC2(N(C)Cc3ccccc3)Cc3ccccc3C2)s1. The maximum absolute atomic E-state index is 12.8. The van der Waals surface area contributed by atoms with Crippen LogP contribution in [0.1, 0.15) is 43.0 Å². The molecule has 0 aliphatic heterocycles. The van der Waals surface area contributed by atoms with E-state index in [1.807, 2.05) is 6.07 Å². The molecule has 0 radical (unpaired) electrons. The first-order chi connectivity index (χ1) is 14.5. The van der Waals surface area contributed by atoms with Gasteiger partial charge in [-0.05, 0) is 55.6 Å². The van der Waals surface area contributed by atoms with E-state index in [0.29, 0.717) is 16.3 Å². The number of amides is 1. The maximum atomic E-state index is 12.8. The molecular formula is C25H26N2O2S. The van der Waals surface area contributed by atoms with E-state index in [0.717, 1.165) is 19.4 Å². The van der Waals surface area contributed by atoms with E-state index in [2.05, 4.69) is 65.8 Å². The Hall–Kier alpha value is -2.76. The predicted molar refractivity (Wildman–Crippen MR) is 121 cm³/mol. The summed E-state index contributed by atoms with van der Waals surface area (Å²) in [7, 11) is 2.14. The monoisotopic (exact) mass is 418 g/mol. The van der Waals surface area contributed by atoms with Gasteiger partial charge in [-0.3, -0.25) is 14.5 Å². The Morgan fingerprint density at radius 1 is 0.933 bits per heavy atom. The van der Waals surface area contributed by atoms with Gasteiger partial charge in [-0.15, -0.1) is 11.3 Å². The molecule has 1 aliphatic rings. The van der Waals surface area contributed by atoms with Gasteiger partial charge >= 0.3 is 0 Å². The summed E-state index contributed by atoms with van der Waals surface area (Å²) >= 11 is 1.25. The fraction of sp³-hybridized carbons (Fsp3) is 0.280. The van der Waals surface area contributed by atoms with Crippen molar-refractivity contribution in [1.82, 2.24) is 10.2 Å². The normalized spacial score (nSPS) is 14.5. The molecule has 4 rings (SSSR count). The van der Waals surface area contributed by atoms with Crippen molar-refractivity contribution in [2.75, 3.05) is 13.6 Å². The number of fused-ring (bicyclic) bond motifs is 1. The molecule has 3 aromatic rings. The number of thiophene rings is 1. The Labute approximate surface area is 181 Å². The van der Waals surface area contributed by atoms with Crippen molar-refractivity contribution in [2.45, 2.75) is 31.8 Å². The minimum absolute atomic E-state index is 0.00985. The number of hydrogen-bond donors (Lipinski definition) is 1. The molecule has 154 valence electrons. The fourth-order valence-corrected chi connectivity index (χ4v) is 5.03. The van der Waals surface area contributed by atoms with Crippen molar-refractivity contribution in [1.29, 1.82) is 0 Å². The van der Waals surface area contributed by atoms with E-state index >= 15 is 0 Å². The van der Waals surface area contributed by atoms with Gasteiger partial charge < -0.3 is 5.32 Å². The standard InChI is InChI=1S/C25H26N2O2S/c1-18(28)22-12-13-23(30-22)24(29)26-17-25(14-20-10-6-7-11-21(20)15-25)27(2)16-19-8-4-3-5-9-19/h3-13H,14-17H2,1-2H3,(H,26,29). The van der Waals surface area contributed by atoms with Crippen LogP contribution in [-0.4, -0.2) is 35.7 Å². The van der Waals surface area contributed by atoms with Crippen LogP contribution in [0.25, 0.3) is 0 Å². The number of ketones is 1. The van der Waals surface area contributed by atoms with Crippen LogP contribution >= 0.6 is 11.3 Å². The van der Waals surface area contributed by atoms with Crippen LogP contribution in [0.5, 0.6) is 0 Å². The van der Waals surface area contributed by atoms with Gasteiger partial charge in [-0.25, -0.2) is 0 Å². The molecule has 0 saturated carbocycles. The lowest BCUT2D eigenvalue weighted by Gasteiger charge is -2.39. The summed E-state index contributed by atoms with van der Waals surface area (Å²) in [6, 6.07) is 22.4. The van der Waals surface area contributed by atoms with Crippen LogP contribution < -0.4 is 5.32 Å². The zero-order valence-electron chi connectivity index (χ0n) is 17.4. The second kappa shape index (κ2) is 8.54. The number of nitrogens with zero attached hydrogens (tertiary/aromatic N) is 1. The molecule has 5 heteroatoms. The molecule has 1 aromatic heterocycles. The number of nitrogens with one attached hydrogen (secondary N) is 1. The Kier molecular flexibility index (Phi) is 5.84. The molecule has 0 unspecified atom stereocenters. The van der Waals surface area contributed by atoms with Crippen molar-refractivity contribution in [3.05, 3.63) is 93.2 Å². The Morgan fingerprint density at radius 3 is 2.13 bits per heavy atom. The molecule has 0 bridgehead atoms. The van der Waals surface area contributed by atoms with Gasteiger partial charge in [-0.1, -0.05) is 54.6 Å². The quantitative estimate of drug-likeness (QED) is 0.581. The largest absolute Gasteiger partial charge is 0.349 e. The van der Waals surface area contributed by atoms with Crippen LogP contribution in [0, 0.1) is 0 Å². The van der Waals surface area contributed by atoms with E-state index in [9.17, 15) is 9.59 Å². The first-order valence-corrected chi connectivity index (χ1v) is 11.0. The first-order valence-electron chi connectivity index (χ1n) is 10.2. The average Bonchev–Trinajstić information content (AvgIpc) is 3.38. The van der Waals surface area contributed by atoms with E-state index in [4.69, 9.17) is 0 Å². The molecule has 0 atom stereocenters. The Morgan fingerprint density at radius 2 is 1.53 bits per heavy atom.